The molecule has 1 aromatic carbocycles. The van der Waals surface area contributed by atoms with E-state index in [1.165, 1.54) is 5.57 Å². The Labute approximate surface area is 124 Å². The van der Waals surface area contributed by atoms with Crippen molar-refractivity contribution in [2.24, 2.45) is 5.92 Å². The maximum absolute atomic E-state index is 5.61. The maximum atomic E-state index is 5.61. The van der Waals surface area contributed by atoms with E-state index < -0.39 is 0 Å². The third kappa shape index (κ3) is 9.26. The Morgan fingerprint density at radius 1 is 1.25 bits per heavy atom. The van der Waals surface area contributed by atoms with Crippen molar-refractivity contribution < 1.29 is 9.47 Å². The van der Waals surface area contributed by atoms with E-state index in [1.54, 1.807) is 7.11 Å². The number of hydrogen-bond donors (Lipinski definition) is 0. The third-order valence-electron chi connectivity index (χ3n) is 2.33. The lowest BCUT2D eigenvalue weighted by Crippen LogP contribution is -1.98. The van der Waals surface area contributed by atoms with Gasteiger partial charge in [-0.05, 0) is 30.5 Å². The summed E-state index contributed by atoms with van der Waals surface area (Å²) in [5.41, 5.74) is 1.20. The topological polar surface area (TPSA) is 18.5 Å². The van der Waals surface area contributed by atoms with E-state index in [0.717, 1.165) is 23.8 Å². The minimum Gasteiger partial charge on any atom is -0.497 e. The van der Waals surface area contributed by atoms with Crippen LogP contribution in [0, 0.1) is 5.92 Å². The molecule has 0 amide bonds. The molecule has 0 radical (unpaired) electrons. The van der Waals surface area contributed by atoms with Crippen molar-refractivity contribution >= 4 is 0 Å². The van der Waals surface area contributed by atoms with Gasteiger partial charge < -0.3 is 9.47 Å². The summed E-state index contributed by atoms with van der Waals surface area (Å²) in [6.07, 6.45) is 4.77. The van der Waals surface area contributed by atoms with Gasteiger partial charge in [-0.3, -0.25) is 0 Å². The zero-order chi connectivity index (χ0) is 15.4. The van der Waals surface area contributed by atoms with Crippen LogP contribution in [0.15, 0.2) is 48.6 Å². The summed E-state index contributed by atoms with van der Waals surface area (Å²) in [7, 11) is 1.65. The molecule has 2 nitrogen and oxygen atoms in total. The first-order valence-electron chi connectivity index (χ1n) is 7.08. The van der Waals surface area contributed by atoms with Crippen LogP contribution >= 0.6 is 0 Å². The van der Waals surface area contributed by atoms with Crippen molar-refractivity contribution in [2.75, 3.05) is 13.7 Å². The second-order valence-corrected chi connectivity index (χ2v) is 5.08. The number of ether oxygens (including phenoxy) is 2. The molecular formula is C18H28O2. The van der Waals surface area contributed by atoms with Gasteiger partial charge in [0.05, 0.1) is 13.7 Å². The third-order valence-corrected chi connectivity index (χ3v) is 2.33. The molecule has 2 heteroatoms. The first-order chi connectivity index (χ1) is 9.53. The van der Waals surface area contributed by atoms with Crippen molar-refractivity contribution in [1.29, 1.82) is 0 Å². The molecule has 0 unspecified atom stereocenters. The fourth-order valence-corrected chi connectivity index (χ4v) is 1.34. The first kappa shape index (κ1) is 18.3. The molecule has 0 aliphatic carbocycles. The summed E-state index contributed by atoms with van der Waals surface area (Å²) in [6, 6.07) is 7.61. The van der Waals surface area contributed by atoms with Crippen LogP contribution in [0.3, 0.4) is 0 Å². The standard InChI is InChI=1S/C14H18O2.C4H10/c1-4-12(5-2)9-10-16-14-8-6-7-13(11-14)15-3;1-4(2)3/h4-8,11H,1,9-10H2,2-3H3;4H,1-3H3/b12-5+;. The molecule has 112 valence electrons. The molecule has 0 saturated heterocycles. The van der Waals surface area contributed by atoms with Gasteiger partial charge >= 0.3 is 0 Å². The van der Waals surface area contributed by atoms with E-state index in [9.17, 15) is 0 Å². The van der Waals surface area contributed by atoms with Gasteiger partial charge in [0.15, 0.2) is 0 Å². The Morgan fingerprint density at radius 3 is 2.35 bits per heavy atom. The molecule has 0 atom stereocenters. The lowest BCUT2D eigenvalue weighted by atomic mass is 10.2. The number of methoxy groups -OCH3 is 1. The van der Waals surface area contributed by atoms with Crippen molar-refractivity contribution in [3.8, 4) is 11.5 Å². The second-order valence-electron chi connectivity index (χ2n) is 5.08. The van der Waals surface area contributed by atoms with Gasteiger partial charge in [0.2, 0.25) is 0 Å². The fraction of sp³-hybridized carbons (Fsp3) is 0.444. The van der Waals surface area contributed by atoms with Crippen LogP contribution in [0.2, 0.25) is 0 Å². The molecule has 0 spiro atoms. The summed E-state index contributed by atoms with van der Waals surface area (Å²) < 4.78 is 10.7. The van der Waals surface area contributed by atoms with Crippen LogP contribution in [-0.4, -0.2) is 13.7 Å². The average Bonchev–Trinajstić information content (AvgIpc) is 2.43. The predicted octanol–water partition coefficient (Wildman–Crippen LogP) is 5.26. The van der Waals surface area contributed by atoms with Crippen LogP contribution in [0.1, 0.15) is 34.1 Å². The van der Waals surface area contributed by atoms with Gasteiger partial charge in [0.1, 0.15) is 11.5 Å². The summed E-state index contributed by atoms with van der Waals surface area (Å²) >= 11 is 0. The van der Waals surface area contributed by atoms with E-state index in [2.05, 4.69) is 27.4 Å². The van der Waals surface area contributed by atoms with Gasteiger partial charge in [-0.25, -0.2) is 0 Å². The molecule has 0 fully saturated rings. The molecule has 0 N–H and O–H groups in total. The highest BCUT2D eigenvalue weighted by Gasteiger charge is 1.97. The van der Waals surface area contributed by atoms with E-state index in [0.29, 0.717) is 6.61 Å². The summed E-state index contributed by atoms with van der Waals surface area (Å²) in [4.78, 5) is 0. The highest BCUT2D eigenvalue weighted by Crippen LogP contribution is 2.19. The molecule has 0 bridgehead atoms. The monoisotopic (exact) mass is 276 g/mol. The quantitative estimate of drug-likeness (QED) is 0.660. The zero-order valence-electron chi connectivity index (χ0n) is 13.5. The lowest BCUT2D eigenvalue weighted by Gasteiger charge is -2.07. The van der Waals surface area contributed by atoms with Gasteiger partial charge in [0.25, 0.3) is 0 Å². The van der Waals surface area contributed by atoms with E-state index in [-0.39, 0.29) is 0 Å². The number of hydrogen-bond acceptors (Lipinski definition) is 2. The minimum atomic E-state index is 0.652. The molecule has 20 heavy (non-hydrogen) atoms. The van der Waals surface area contributed by atoms with Crippen LogP contribution in [0.5, 0.6) is 11.5 Å². The molecular weight excluding hydrogens is 248 g/mol. The van der Waals surface area contributed by atoms with Gasteiger partial charge in [-0.15, -0.1) is 0 Å². The minimum absolute atomic E-state index is 0.652. The SMILES string of the molecule is C=C/C(=C\C)CCOc1cccc(OC)c1.CC(C)C. The summed E-state index contributed by atoms with van der Waals surface area (Å²) in [5, 5.41) is 0. The summed E-state index contributed by atoms with van der Waals surface area (Å²) in [5.74, 6) is 2.48. The number of rotatable bonds is 6. The number of allylic oxidation sites excluding steroid dienone is 2. The van der Waals surface area contributed by atoms with E-state index in [4.69, 9.17) is 9.47 Å². The fourth-order valence-electron chi connectivity index (χ4n) is 1.34. The zero-order valence-corrected chi connectivity index (χ0v) is 13.5. The maximum Gasteiger partial charge on any atom is 0.122 e. The van der Waals surface area contributed by atoms with Crippen molar-refractivity contribution in [2.45, 2.75) is 34.1 Å². The van der Waals surface area contributed by atoms with Crippen LogP contribution in [0.4, 0.5) is 0 Å². The Bertz CT molecular complexity index is 403. The number of benzene rings is 1. The predicted molar refractivity (Wildman–Crippen MR) is 87.6 cm³/mol. The average molecular weight is 276 g/mol. The van der Waals surface area contributed by atoms with E-state index >= 15 is 0 Å². The largest absolute Gasteiger partial charge is 0.497 e. The van der Waals surface area contributed by atoms with Gasteiger partial charge in [0, 0.05) is 12.5 Å². The lowest BCUT2D eigenvalue weighted by molar-refractivity contribution is 0.319. The van der Waals surface area contributed by atoms with Crippen molar-refractivity contribution in [3.63, 3.8) is 0 Å². The normalized spacial score (nSPS) is 10.6. The molecule has 1 aromatic rings. The summed E-state index contributed by atoms with van der Waals surface area (Å²) in [6.45, 7) is 12.9. The highest BCUT2D eigenvalue weighted by atomic mass is 16.5. The molecule has 1 rings (SSSR count). The van der Waals surface area contributed by atoms with Crippen molar-refractivity contribution in [3.05, 3.63) is 48.6 Å². The smallest absolute Gasteiger partial charge is 0.122 e. The molecule has 0 aliphatic heterocycles. The van der Waals surface area contributed by atoms with Crippen LogP contribution in [0.25, 0.3) is 0 Å². The molecule has 0 aromatic heterocycles. The van der Waals surface area contributed by atoms with Crippen molar-refractivity contribution in [1.82, 2.24) is 0 Å². The van der Waals surface area contributed by atoms with Gasteiger partial charge in [-0.1, -0.05) is 45.6 Å². The molecule has 0 saturated carbocycles. The molecule has 0 aliphatic rings. The highest BCUT2D eigenvalue weighted by molar-refractivity contribution is 5.32. The Kier molecular flexibility index (Phi) is 10.2. The van der Waals surface area contributed by atoms with Crippen LogP contribution < -0.4 is 9.47 Å². The first-order valence-corrected chi connectivity index (χ1v) is 7.08. The van der Waals surface area contributed by atoms with Crippen LogP contribution in [-0.2, 0) is 0 Å². The van der Waals surface area contributed by atoms with Gasteiger partial charge in [-0.2, -0.15) is 0 Å². The Morgan fingerprint density at radius 2 is 1.85 bits per heavy atom. The second kappa shape index (κ2) is 11.2. The van der Waals surface area contributed by atoms with E-state index in [1.807, 2.05) is 43.3 Å². The Hall–Kier alpha value is -1.70. The molecule has 0 heterocycles. The Balaban J connectivity index is 0.000000796.